The summed E-state index contributed by atoms with van der Waals surface area (Å²) < 4.78 is 15.1. The number of amides is 1. The van der Waals surface area contributed by atoms with Gasteiger partial charge in [0.1, 0.15) is 17.8 Å². The Morgan fingerprint density at radius 2 is 1.84 bits per heavy atom. The van der Waals surface area contributed by atoms with Gasteiger partial charge in [-0.25, -0.2) is 9.67 Å². The summed E-state index contributed by atoms with van der Waals surface area (Å²) in [6.07, 6.45) is 7.18. The Labute approximate surface area is 290 Å². The van der Waals surface area contributed by atoms with Crippen LogP contribution in [0.15, 0.2) is 102 Å². The lowest BCUT2D eigenvalue weighted by Gasteiger charge is -2.36. The molecule has 2 aliphatic heterocycles. The van der Waals surface area contributed by atoms with Crippen molar-refractivity contribution in [3.05, 3.63) is 114 Å². The number of furan rings is 1. The zero-order valence-electron chi connectivity index (χ0n) is 28.2. The Balaban J connectivity index is 0.938. The summed E-state index contributed by atoms with van der Waals surface area (Å²) in [6, 6.07) is 28.7. The lowest BCUT2D eigenvalue weighted by molar-refractivity contribution is 0.0776. The highest BCUT2D eigenvalue weighted by Crippen LogP contribution is 2.39. The molecule has 3 aromatic carbocycles. The Bertz CT molecular complexity index is 2040. The van der Waals surface area contributed by atoms with Gasteiger partial charge in [0, 0.05) is 37.6 Å². The van der Waals surface area contributed by atoms with Crippen molar-refractivity contribution in [3.63, 3.8) is 0 Å². The summed E-state index contributed by atoms with van der Waals surface area (Å²) in [7, 11) is 1.59. The number of ether oxygens (including phenoxy) is 1. The van der Waals surface area contributed by atoms with E-state index in [-0.39, 0.29) is 11.3 Å². The van der Waals surface area contributed by atoms with Gasteiger partial charge in [-0.1, -0.05) is 42.5 Å². The van der Waals surface area contributed by atoms with E-state index in [4.69, 9.17) is 14.1 Å². The van der Waals surface area contributed by atoms with Gasteiger partial charge < -0.3 is 28.8 Å². The molecule has 12 heteroatoms. The number of methoxy groups -OCH3 is 1. The van der Waals surface area contributed by atoms with Crippen LogP contribution in [0, 0.1) is 0 Å². The largest absolute Gasteiger partial charge is 0.496 e. The highest BCUT2D eigenvalue weighted by molar-refractivity contribution is 5.98. The van der Waals surface area contributed by atoms with E-state index in [1.54, 1.807) is 24.1 Å². The number of aromatic nitrogens is 6. The standard InChI is InChI=1S/C38H41N9O3/c1-49-35-14-13-30(47-27-39-42-43-47)24-32(35)36(48)45-22-18-38(26-45,28-8-3-2-4-9-28)17-21-44-19-15-29(16-20-44)40-37-41-33-11-5-6-12-34(33)46(37)25-31-10-7-23-50-31/h2-14,23-24,27,29H,15-22,25-26H2,1H3,(H,40,41). The predicted octanol–water partition coefficient (Wildman–Crippen LogP) is 5.41. The highest BCUT2D eigenvalue weighted by Gasteiger charge is 2.42. The summed E-state index contributed by atoms with van der Waals surface area (Å²) in [5, 5.41) is 15.3. The van der Waals surface area contributed by atoms with Gasteiger partial charge >= 0.3 is 0 Å². The van der Waals surface area contributed by atoms with Crippen molar-refractivity contribution in [2.45, 2.75) is 43.7 Å². The number of carbonyl (C=O) groups excluding carboxylic acids is 1. The number of hydrogen-bond acceptors (Lipinski definition) is 9. The van der Waals surface area contributed by atoms with Crippen molar-refractivity contribution in [1.82, 2.24) is 39.6 Å². The van der Waals surface area contributed by atoms with Gasteiger partial charge in [-0.15, -0.1) is 5.10 Å². The van der Waals surface area contributed by atoms with Crippen LogP contribution in [-0.2, 0) is 12.0 Å². The Hall–Kier alpha value is -5.49. The first-order valence-corrected chi connectivity index (χ1v) is 17.3. The number of nitrogens with zero attached hydrogens (tertiary/aromatic N) is 8. The second kappa shape index (κ2) is 13.8. The maximum absolute atomic E-state index is 14.1. The summed E-state index contributed by atoms with van der Waals surface area (Å²) in [4.78, 5) is 23.6. The van der Waals surface area contributed by atoms with Gasteiger partial charge in [0.15, 0.2) is 0 Å². The lowest BCUT2D eigenvalue weighted by Crippen LogP contribution is -2.42. The fraction of sp³-hybridized carbons (Fsp3) is 0.342. The number of imidazole rings is 1. The van der Waals surface area contributed by atoms with E-state index < -0.39 is 0 Å². The number of rotatable bonds is 11. The molecule has 2 aliphatic rings. The van der Waals surface area contributed by atoms with Crippen LogP contribution >= 0.6 is 0 Å². The topological polar surface area (TPSA) is 119 Å². The number of piperidine rings is 1. The number of likely N-dealkylation sites (tertiary alicyclic amines) is 2. The van der Waals surface area contributed by atoms with Crippen LogP contribution in [0.25, 0.3) is 16.7 Å². The van der Waals surface area contributed by atoms with Gasteiger partial charge in [-0.2, -0.15) is 0 Å². The molecule has 1 N–H and O–H groups in total. The summed E-state index contributed by atoms with van der Waals surface area (Å²) in [6.45, 7) is 4.94. The fourth-order valence-corrected chi connectivity index (χ4v) is 7.64. The van der Waals surface area contributed by atoms with E-state index in [9.17, 15) is 4.79 Å². The second-order valence-electron chi connectivity index (χ2n) is 13.4. The number of anilines is 1. The Morgan fingerprint density at radius 3 is 2.62 bits per heavy atom. The third-order valence-electron chi connectivity index (χ3n) is 10.4. The van der Waals surface area contributed by atoms with E-state index in [2.05, 4.69) is 78.8 Å². The molecular weight excluding hydrogens is 630 g/mol. The molecule has 1 unspecified atom stereocenters. The number of tetrazole rings is 1. The third kappa shape index (κ3) is 6.34. The smallest absolute Gasteiger partial charge is 0.257 e. The lowest BCUT2D eigenvalue weighted by atomic mass is 9.76. The van der Waals surface area contributed by atoms with E-state index in [1.807, 2.05) is 35.2 Å². The molecule has 50 heavy (non-hydrogen) atoms. The molecule has 1 atom stereocenters. The number of carbonyl (C=O) groups is 1. The van der Waals surface area contributed by atoms with Gasteiger partial charge in [-0.05, 0) is 90.7 Å². The van der Waals surface area contributed by atoms with Crippen LogP contribution in [0.3, 0.4) is 0 Å². The molecule has 2 fully saturated rings. The minimum absolute atomic E-state index is 0.0421. The molecule has 6 aromatic rings. The van der Waals surface area contributed by atoms with E-state index in [1.165, 1.54) is 11.9 Å². The van der Waals surface area contributed by atoms with Crippen molar-refractivity contribution < 1.29 is 13.9 Å². The van der Waals surface area contributed by atoms with Crippen molar-refractivity contribution in [3.8, 4) is 11.4 Å². The number of fused-ring (bicyclic) bond motifs is 1. The molecule has 256 valence electrons. The minimum atomic E-state index is -0.136. The monoisotopic (exact) mass is 671 g/mol. The average Bonchev–Trinajstić information content (AvgIpc) is 4.00. The number of nitrogens with one attached hydrogen (secondary N) is 1. The number of hydrogen-bond donors (Lipinski definition) is 1. The van der Waals surface area contributed by atoms with Gasteiger partial charge in [0.25, 0.3) is 5.91 Å². The average molecular weight is 672 g/mol. The van der Waals surface area contributed by atoms with E-state index in [0.29, 0.717) is 42.7 Å². The molecule has 0 bridgehead atoms. The molecule has 5 heterocycles. The van der Waals surface area contributed by atoms with Crippen LogP contribution < -0.4 is 10.1 Å². The molecule has 0 saturated carbocycles. The molecule has 12 nitrogen and oxygen atoms in total. The normalized spacial score (nSPS) is 18.5. The third-order valence-corrected chi connectivity index (χ3v) is 10.4. The van der Waals surface area contributed by atoms with Crippen LogP contribution in [0.1, 0.15) is 47.4 Å². The molecular formula is C38H41N9O3. The van der Waals surface area contributed by atoms with Crippen LogP contribution in [0.4, 0.5) is 5.95 Å². The quantitative estimate of drug-likeness (QED) is 0.193. The molecule has 0 spiro atoms. The number of benzene rings is 3. The Morgan fingerprint density at radius 1 is 1.00 bits per heavy atom. The molecule has 3 aromatic heterocycles. The zero-order valence-corrected chi connectivity index (χ0v) is 28.2. The molecule has 2 saturated heterocycles. The number of para-hydroxylation sites is 2. The van der Waals surface area contributed by atoms with Crippen LogP contribution in [0.5, 0.6) is 5.75 Å². The fourth-order valence-electron chi connectivity index (χ4n) is 7.64. The zero-order chi connectivity index (χ0) is 33.9. The van der Waals surface area contributed by atoms with Gasteiger partial charge in [-0.3, -0.25) is 4.79 Å². The first kappa shape index (κ1) is 31.8. The molecule has 8 rings (SSSR count). The molecule has 1 amide bonds. The van der Waals surface area contributed by atoms with Crippen LogP contribution in [0.2, 0.25) is 0 Å². The van der Waals surface area contributed by atoms with Gasteiger partial charge in [0.05, 0.1) is 42.2 Å². The highest BCUT2D eigenvalue weighted by atomic mass is 16.5. The predicted molar refractivity (Wildman–Crippen MR) is 190 cm³/mol. The van der Waals surface area contributed by atoms with Gasteiger partial charge in [0.2, 0.25) is 5.95 Å². The van der Waals surface area contributed by atoms with Crippen molar-refractivity contribution in [2.75, 3.05) is 45.2 Å². The van der Waals surface area contributed by atoms with Crippen molar-refractivity contribution in [1.29, 1.82) is 0 Å². The first-order chi connectivity index (χ1) is 24.6. The van der Waals surface area contributed by atoms with E-state index >= 15 is 0 Å². The summed E-state index contributed by atoms with van der Waals surface area (Å²) in [5.74, 6) is 2.29. The van der Waals surface area contributed by atoms with Crippen molar-refractivity contribution in [2.24, 2.45) is 0 Å². The second-order valence-corrected chi connectivity index (χ2v) is 13.4. The maximum atomic E-state index is 14.1. The SMILES string of the molecule is COc1ccc(-n2cnnn2)cc1C(=O)N1CCC(CCN2CCC(Nc3nc4ccccc4n3Cc3ccco3)CC2)(c2ccccc2)C1. The maximum Gasteiger partial charge on any atom is 0.257 e. The molecule has 0 radical (unpaired) electrons. The molecule has 0 aliphatic carbocycles. The summed E-state index contributed by atoms with van der Waals surface area (Å²) in [5.41, 5.74) is 4.45. The Kier molecular flexibility index (Phi) is 8.76. The van der Waals surface area contributed by atoms with E-state index in [0.717, 1.165) is 68.1 Å². The summed E-state index contributed by atoms with van der Waals surface area (Å²) >= 11 is 0. The van der Waals surface area contributed by atoms with Crippen molar-refractivity contribution >= 4 is 22.9 Å². The minimum Gasteiger partial charge on any atom is -0.496 e. The first-order valence-electron chi connectivity index (χ1n) is 17.3. The van der Waals surface area contributed by atoms with Crippen LogP contribution in [-0.4, -0.2) is 91.3 Å².